The molecule has 1 rings (SSSR count). The molecule has 0 aromatic rings. The van der Waals surface area contributed by atoms with Crippen LogP contribution in [0.3, 0.4) is 0 Å². The average Bonchev–Trinajstić information content (AvgIpc) is 2.86. The zero-order chi connectivity index (χ0) is 13.9. The first-order chi connectivity index (χ1) is 9.31. The molecule has 0 aliphatic carbocycles. The van der Waals surface area contributed by atoms with E-state index in [-0.39, 0.29) is 0 Å². The first kappa shape index (κ1) is 16.9. The summed E-state index contributed by atoms with van der Waals surface area (Å²) >= 11 is 0. The van der Waals surface area contributed by atoms with Gasteiger partial charge in [-0.05, 0) is 20.9 Å². The third-order valence-electron chi connectivity index (χ3n) is 3.57. The second-order valence-corrected chi connectivity index (χ2v) is 4.89. The second kappa shape index (κ2) is 10.6. The van der Waals surface area contributed by atoms with Gasteiger partial charge in [0.1, 0.15) is 0 Å². The summed E-state index contributed by atoms with van der Waals surface area (Å²) < 4.78 is 16.5. The van der Waals surface area contributed by atoms with Crippen LogP contribution in [0.25, 0.3) is 0 Å². The van der Waals surface area contributed by atoms with Crippen LogP contribution in [0.2, 0.25) is 0 Å². The van der Waals surface area contributed by atoms with Gasteiger partial charge in [-0.3, -0.25) is 4.90 Å². The van der Waals surface area contributed by atoms with Crippen LogP contribution in [0.1, 0.15) is 13.8 Å². The largest absolute Gasteiger partial charge is 0.380 e. The monoisotopic (exact) mass is 274 g/mol. The highest BCUT2D eigenvalue weighted by Gasteiger charge is 2.28. The summed E-state index contributed by atoms with van der Waals surface area (Å²) in [5.41, 5.74) is 0. The van der Waals surface area contributed by atoms with E-state index in [0.717, 1.165) is 59.3 Å². The Morgan fingerprint density at radius 3 is 2.26 bits per heavy atom. The molecule has 1 heterocycles. The highest BCUT2D eigenvalue weighted by molar-refractivity contribution is 4.82. The van der Waals surface area contributed by atoms with Gasteiger partial charge >= 0.3 is 0 Å². The van der Waals surface area contributed by atoms with E-state index in [9.17, 15) is 0 Å². The fourth-order valence-corrected chi connectivity index (χ4v) is 2.40. The van der Waals surface area contributed by atoms with E-state index >= 15 is 0 Å². The summed E-state index contributed by atoms with van der Waals surface area (Å²) in [5.74, 6) is 0.563. The molecule has 2 atom stereocenters. The van der Waals surface area contributed by atoms with E-state index in [2.05, 4.69) is 10.2 Å². The summed E-state index contributed by atoms with van der Waals surface area (Å²) in [7, 11) is 2.01. The van der Waals surface area contributed by atoms with Crippen molar-refractivity contribution in [2.24, 2.45) is 5.92 Å². The number of rotatable bonds is 11. The van der Waals surface area contributed by atoms with Gasteiger partial charge in [0.05, 0.1) is 26.4 Å². The Morgan fingerprint density at radius 1 is 1.11 bits per heavy atom. The summed E-state index contributed by atoms with van der Waals surface area (Å²) in [6.45, 7) is 11.9. The first-order valence-corrected chi connectivity index (χ1v) is 7.44. The van der Waals surface area contributed by atoms with Crippen molar-refractivity contribution >= 4 is 0 Å². The molecule has 0 spiro atoms. The molecule has 2 unspecified atom stereocenters. The molecule has 1 saturated heterocycles. The molecule has 1 fully saturated rings. The molecular formula is C14H30N2O3. The topological polar surface area (TPSA) is 43.0 Å². The lowest BCUT2D eigenvalue weighted by atomic mass is 10.0. The summed E-state index contributed by atoms with van der Waals surface area (Å²) in [6, 6.07) is 0.474. The molecule has 0 aromatic carbocycles. The predicted octanol–water partition coefficient (Wildman–Crippen LogP) is 0.596. The van der Waals surface area contributed by atoms with Gasteiger partial charge in [-0.2, -0.15) is 0 Å². The number of nitrogens with one attached hydrogen (secondary N) is 1. The normalized spacial score (nSPS) is 23.4. The number of ether oxygens (including phenoxy) is 3. The van der Waals surface area contributed by atoms with Crippen molar-refractivity contribution in [2.75, 3.05) is 66.3 Å². The van der Waals surface area contributed by atoms with Crippen molar-refractivity contribution in [3.05, 3.63) is 0 Å². The van der Waals surface area contributed by atoms with Gasteiger partial charge in [0.25, 0.3) is 0 Å². The van der Waals surface area contributed by atoms with Crippen LogP contribution >= 0.6 is 0 Å². The molecule has 0 aromatic heterocycles. The molecule has 0 bridgehead atoms. The lowest BCUT2D eigenvalue weighted by Gasteiger charge is -2.27. The van der Waals surface area contributed by atoms with E-state index in [1.807, 2.05) is 20.9 Å². The van der Waals surface area contributed by atoms with Crippen LogP contribution in [0.4, 0.5) is 0 Å². The number of hydrogen-bond donors (Lipinski definition) is 1. The van der Waals surface area contributed by atoms with E-state index in [1.165, 1.54) is 0 Å². The highest BCUT2D eigenvalue weighted by Crippen LogP contribution is 2.14. The van der Waals surface area contributed by atoms with Crippen LogP contribution in [0.5, 0.6) is 0 Å². The molecule has 5 heteroatoms. The van der Waals surface area contributed by atoms with Crippen molar-refractivity contribution in [1.29, 1.82) is 0 Å². The van der Waals surface area contributed by atoms with Gasteiger partial charge in [0.15, 0.2) is 0 Å². The maximum atomic E-state index is 5.56. The van der Waals surface area contributed by atoms with Crippen LogP contribution < -0.4 is 5.32 Å². The molecule has 5 nitrogen and oxygen atoms in total. The van der Waals surface area contributed by atoms with Crippen molar-refractivity contribution in [1.82, 2.24) is 10.2 Å². The minimum absolute atomic E-state index is 0.474. The van der Waals surface area contributed by atoms with E-state index in [0.29, 0.717) is 12.0 Å². The maximum absolute atomic E-state index is 5.56. The predicted molar refractivity (Wildman–Crippen MR) is 76.6 cm³/mol. The molecule has 1 aliphatic rings. The number of likely N-dealkylation sites (N-methyl/N-ethyl adjacent to an activating group) is 1. The molecule has 19 heavy (non-hydrogen) atoms. The second-order valence-electron chi connectivity index (χ2n) is 4.89. The Morgan fingerprint density at radius 2 is 1.74 bits per heavy atom. The Labute approximate surface area is 117 Å². The van der Waals surface area contributed by atoms with E-state index in [1.54, 1.807) is 0 Å². The molecule has 0 radical (unpaired) electrons. The first-order valence-electron chi connectivity index (χ1n) is 7.44. The van der Waals surface area contributed by atoms with Gasteiger partial charge in [-0.1, -0.05) is 0 Å². The van der Waals surface area contributed by atoms with Crippen molar-refractivity contribution < 1.29 is 14.2 Å². The Balaban J connectivity index is 2.33. The minimum Gasteiger partial charge on any atom is -0.380 e. The van der Waals surface area contributed by atoms with Crippen LogP contribution in [-0.4, -0.2) is 77.3 Å². The lowest BCUT2D eigenvalue weighted by molar-refractivity contribution is 0.0726. The van der Waals surface area contributed by atoms with Crippen molar-refractivity contribution in [3.8, 4) is 0 Å². The van der Waals surface area contributed by atoms with Gasteiger partial charge in [-0.15, -0.1) is 0 Å². The smallest absolute Gasteiger partial charge is 0.0623 e. The zero-order valence-electron chi connectivity index (χ0n) is 12.7. The Hall–Kier alpha value is -0.200. The highest BCUT2D eigenvalue weighted by atomic mass is 16.5. The zero-order valence-corrected chi connectivity index (χ0v) is 12.7. The van der Waals surface area contributed by atoms with E-state index < -0.39 is 0 Å². The Bertz CT molecular complexity index is 207. The fraction of sp³-hybridized carbons (Fsp3) is 1.00. The van der Waals surface area contributed by atoms with Gasteiger partial charge in [0, 0.05) is 44.8 Å². The van der Waals surface area contributed by atoms with Crippen LogP contribution in [0.15, 0.2) is 0 Å². The molecular weight excluding hydrogens is 244 g/mol. The number of nitrogens with zero attached hydrogens (tertiary/aromatic N) is 1. The third kappa shape index (κ3) is 6.68. The minimum atomic E-state index is 0.474. The lowest BCUT2D eigenvalue weighted by Crippen LogP contribution is -2.42. The van der Waals surface area contributed by atoms with Crippen molar-refractivity contribution in [3.63, 3.8) is 0 Å². The van der Waals surface area contributed by atoms with E-state index in [4.69, 9.17) is 14.2 Å². The van der Waals surface area contributed by atoms with Gasteiger partial charge < -0.3 is 19.5 Å². The quantitative estimate of drug-likeness (QED) is 0.559. The molecule has 0 amide bonds. The van der Waals surface area contributed by atoms with Gasteiger partial charge in [0.2, 0.25) is 0 Å². The average molecular weight is 274 g/mol. The summed E-state index contributed by atoms with van der Waals surface area (Å²) in [5, 5.41) is 3.34. The molecule has 0 saturated carbocycles. The molecule has 1 aliphatic heterocycles. The Kier molecular flexibility index (Phi) is 9.38. The van der Waals surface area contributed by atoms with Gasteiger partial charge in [-0.25, -0.2) is 0 Å². The summed E-state index contributed by atoms with van der Waals surface area (Å²) in [4.78, 5) is 2.43. The molecule has 114 valence electrons. The van der Waals surface area contributed by atoms with Crippen LogP contribution in [-0.2, 0) is 14.2 Å². The standard InChI is InChI=1S/C14H30N2O3/c1-4-17-8-6-16(7-9-18-5-2)10-13-11-19-12-14(13)15-3/h13-15H,4-12H2,1-3H3. The molecule has 1 N–H and O–H groups in total. The number of hydrogen-bond acceptors (Lipinski definition) is 5. The summed E-state index contributed by atoms with van der Waals surface area (Å²) in [6.07, 6.45) is 0. The van der Waals surface area contributed by atoms with Crippen molar-refractivity contribution in [2.45, 2.75) is 19.9 Å². The SMILES string of the molecule is CCOCCN(CCOCC)CC1COCC1NC. The van der Waals surface area contributed by atoms with Crippen LogP contribution in [0, 0.1) is 5.92 Å². The maximum Gasteiger partial charge on any atom is 0.0623 e. The third-order valence-corrected chi connectivity index (χ3v) is 3.57. The fourth-order valence-electron chi connectivity index (χ4n) is 2.40.